The molecule has 0 fully saturated rings. The second-order valence-corrected chi connectivity index (χ2v) is 6.56. The van der Waals surface area contributed by atoms with Gasteiger partial charge in [-0.05, 0) is 37.6 Å². The molecule has 26 heavy (non-hydrogen) atoms. The molecule has 4 rings (SSSR count). The van der Waals surface area contributed by atoms with Crippen molar-refractivity contribution in [2.75, 3.05) is 6.61 Å². The Hall–Kier alpha value is -2.88. The Balaban J connectivity index is 1.59. The van der Waals surface area contributed by atoms with Crippen molar-refractivity contribution in [3.63, 3.8) is 0 Å². The Kier molecular flexibility index (Phi) is 4.57. The van der Waals surface area contributed by atoms with Crippen molar-refractivity contribution in [2.45, 2.75) is 32.9 Å². The van der Waals surface area contributed by atoms with Crippen molar-refractivity contribution in [3.8, 4) is 17.0 Å². The average Bonchev–Trinajstić information content (AvgIpc) is 3.27. The van der Waals surface area contributed by atoms with Gasteiger partial charge in [0, 0.05) is 11.1 Å². The number of imidazole rings is 1. The van der Waals surface area contributed by atoms with Gasteiger partial charge in [0.05, 0.1) is 19.6 Å². The number of carbonyl (C=O) groups excluding carboxylic acids is 1. The zero-order chi connectivity index (χ0) is 17.9. The topological polar surface area (TPSA) is 35.1 Å². The Labute approximate surface area is 153 Å². The lowest BCUT2D eigenvalue weighted by Gasteiger charge is -2.04. The molecule has 2 heterocycles. The van der Waals surface area contributed by atoms with Crippen LogP contribution in [0.3, 0.4) is 0 Å². The molecule has 1 aromatic heterocycles. The fraction of sp³-hybridized carbons (Fsp3) is 0.273. The monoisotopic (exact) mass is 347 g/mol. The van der Waals surface area contributed by atoms with Gasteiger partial charge in [0.2, 0.25) is 5.78 Å². The zero-order valence-corrected chi connectivity index (χ0v) is 15.0. The number of ether oxygens (including phenoxy) is 1. The predicted octanol–water partition coefficient (Wildman–Crippen LogP) is 3.67. The Morgan fingerprint density at radius 1 is 1.12 bits per heavy atom. The van der Waals surface area contributed by atoms with E-state index in [1.165, 1.54) is 17.1 Å². The highest BCUT2D eigenvalue weighted by atomic mass is 16.5. The SMILES string of the molecule is CCOc1ccc(C(=O)C[n+]2cc(-c3ccccc3)n3c2CCC3)cc1. The predicted molar refractivity (Wildman–Crippen MR) is 100 cm³/mol. The maximum absolute atomic E-state index is 12.8. The summed E-state index contributed by atoms with van der Waals surface area (Å²) in [4.78, 5) is 12.8. The molecule has 1 aliphatic rings. The molecule has 3 aromatic rings. The van der Waals surface area contributed by atoms with Gasteiger partial charge in [-0.1, -0.05) is 30.3 Å². The van der Waals surface area contributed by atoms with Crippen LogP contribution in [0.25, 0.3) is 11.3 Å². The van der Waals surface area contributed by atoms with Gasteiger partial charge in [-0.2, -0.15) is 0 Å². The largest absolute Gasteiger partial charge is 0.494 e. The number of nitrogens with zero attached hydrogens (tertiary/aromatic N) is 2. The average molecular weight is 347 g/mol. The lowest BCUT2D eigenvalue weighted by Crippen LogP contribution is -2.40. The molecule has 0 amide bonds. The molecule has 0 aliphatic carbocycles. The molecule has 0 saturated carbocycles. The van der Waals surface area contributed by atoms with E-state index in [9.17, 15) is 4.79 Å². The molecule has 0 saturated heterocycles. The van der Waals surface area contributed by atoms with Gasteiger partial charge >= 0.3 is 0 Å². The maximum atomic E-state index is 12.8. The minimum Gasteiger partial charge on any atom is -0.494 e. The lowest BCUT2D eigenvalue weighted by atomic mass is 10.1. The molecule has 132 valence electrons. The third-order valence-electron chi connectivity index (χ3n) is 4.86. The zero-order valence-electron chi connectivity index (χ0n) is 15.0. The summed E-state index contributed by atoms with van der Waals surface area (Å²) in [6, 6.07) is 17.8. The van der Waals surface area contributed by atoms with Gasteiger partial charge in [0.15, 0.2) is 12.2 Å². The van der Waals surface area contributed by atoms with Crippen LogP contribution in [-0.4, -0.2) is 17.0 Å². The summed E-state index contributed by atoms with van der Waals surface area (Å²) < 4.78 is 9.92. The first-order valence-electron chi connectivity index (χ1n) is 9.19. The van der Waals surface area contributed by atoms with E-state index < -0.39 is 0 Å². The number of carbonyl (C=O) groups is 1. The van der Waals surface area contributed by atoms with Crippen LogP contribution in [0.1, 0.15) is 29.5 Å². The molecule has 0 atom stereocenters. The minimum absolute atomic E-state index is 0.123. The highest BCUT2D eigenvalue weighted by Gasteiger charge is 2.29. The summed E-state index contributed by atoms with van der Waals surface area (Å²) in [6.07, 6.45) is 4.27. The van der Waals surface area contributed by atoms with Gasteiger partial charge in [-0.15, -0.1) is 0 Å². The van der Waals surface area contributed by atoms with Gasteiger partial charge in [0.25, 0.3) is 5.82 Å². The standard InChI is InChI=1S/C22H23N2O2/c1-2-26-19-12-10-18(11-13-19)21(25)16-23-15-20(17-7-4-3-5-8-17)24-14-6-9-22(23)24/h3-5,7-8,10-13,15H,2,6,9,14,16H2,1H3/q+1. The van der Waals surface area contributed by atoms with Crippen LogP contribution in [0, 0.1) is 0 Å². The molecule has 0 bridgehead atoms. The van der Waals surface area contributed by atoms with Crippen LogP contribution in [-0.2, 0) is 19.5 Å². The number of rotatable bonds is 6. The number of Topliss-reactive ketones (excluding diaryl/α,β-unsaturated/α-hetero) is 1. The van der Waals surface area contributed by atoms with E-state index in [1.807, 2.05) is 37.3 Å². The fourth-order valence-corrected chi connectivity index (χ4v) is 3.64. The van der Waals surface area contributed by atoms with Crippen LogP contribution in [0.15, 0.2) is 60.8 Å². The number of ketones is 1. The van der Waals surface area contributed by atoms with Crippen molar-refractivity contribution in [1.29, 1.82) is 0 Å². The van der Waals surface area contributed by atoms with E-state index in [0.717, 1.165) is 30.7 Å². The van der Waals surface area contributed by atoms with Crippen LogP contribution >= 0.6 is 0 Å². The lowest BCUT2D eigenvalue weighted by molar-refractivity contribution is -0.689. The summed E-state index contributed by atoms with van der Waals surface area (Å²) in [5.41, 5.74) is 3.11. The third-order valence-corrected chi connectivity index (χ3v) is 4.86. The first-order valence-corrected chi connectivity index (χ1v) is 9.19. The summed E-state index contributed by atoms with van der Waals surface area (Å²) >= 11 is 0. The number of aromatic nitrogens is 2. The van der Waals surface area contributed by atoms with E-state index in [-0.39, 0.29) is 5.78 Å². The van der Waals surface area contributed by atoms with Crippen molar-refractivity contribution < 1.29 is 14.1 Å². The molecule has 4 nitrogen and oxygen atoms in total. The third kappa shape index (κ3) is 3.15. The van der Waals surface area contributed by atoms with Crippen LogP contribution < -0.4 is 9.30 Å². The van der Waals surface area contributed by atoms with Gasteiger partial charge < -0.3 is 4.74 Å². The van der Waals surface area contributed by atoms with Crippen LogP contribution in [0.5, 0.6) is 5.75 Å². The fourth-order valence-electron chi connectivity index (χ4n) is 3.64. The second-order valence-electron chi connectivity index (χ2n) is 6.56. The van der Waals surface area contributed by atoms with Crippen molar-refractivity contribution in [2.24, 2.45) is 0 Å². The van der Waals surface area contributed by atoms with Gasteiger partial charge in [-0.25, -0.2) is 9.13 Å². The Bertz CT molecular complexity index is 911. The quantitative estimate of drug-likeness (QED) is 0.504. The molecule has 2 aromatic carbocycles. The molecule has 0 N–H and O–H groups in total. The van der Waals surface area contributed by atoms with Crippen LogP contribution in [0.4, 0.5) is 0 Å². The summed E-state index contributed by atoms with van der Waals surface area (Å²) in [7, 11) is 0. The first-order chi connectivity index (χ1) is 12.8. The molecule has 0 radical (unpaired) electrons. The molecule has 1 aliphatic heterocycles. The van der Waals surface area contributed by atoms with Crippen molar-refractivity contribution >= 4 is 5.78 Å². The molecule has 4 heteroatoms. The van der Waals surface area contributed by atoms with Crippen LogP contribution in [0.2, 0.25) is 0 Å². The highest BCUT2D eigenvalue weighted by Crippen LogP contribution is 2.24. The summed E-state index contributed by atoms with van der Waals surface area (Å²) in [5.74, 6) is 2.16. The summed E-state index contributed by atoms with van der Waals surface area (Å²) in [5, 5.41) is 0. The molecular weight excluding hydrogens is 324 g/mol. The van der Waals surface area contributed by atoms with E-state index in [0.29, 0.717) is 13.2 Å². The Morgan fingerprint density at radius 2 is 1.88 bits per heavy atom. The summed E-state index contributed by atoms with van der Waals surface area (Å²) in [6.45, 7) is 3.97. The van der Waals surface area contributed by atoms with Gasteiger partial charge in [0.1, 0.15) is 11.9 Å². The van der Waals surface area contributed by atoms with Crippen molar-refractivity contribution in [3.05, 3.63) is 72.2 Å². The van der Waals surface area contributed by atoms with Gasteiger partial charge in [-0.3, -0.25) is 4.79 Å². The van der Waals surface area contributed by atoms with E-state index in [2.05, 4.69) is 39.6 Å². The normalized spacial score (nSPS) is 12.8. The van der Waals surface area contributed by atoms with E-state index >= 15 is 0 Å². The Morgan fingerprint density at radius 3 is 2.62 bits per heavy atom. The number of hydrogen-bond acceptors (Lipinski definition) is 2. The maximum Gasteiger partial charge on any atom is 0.257 e. The number of fused-ring (bicyclic) bond motifs is 1. The van der Waals surface area contributed by atoms with Crippen molar-refractivity contribution in [1.82, 2.24) is 4.57 Å². The second kappa shape index (κ2) is 7.16. The number of hydrogen-bond donors (Lipinski definition) is 0. The highest BCUT2D eigenvalue weighted by molar-refractivity contribution is 5.95. The molecule has 0 unspecified atom stereocenters. The smallest absolute Gasteiger partial charge is 0.257 e. The van der Waals surface area contributed by atoms with E-state index in [4.69, 9.17) is 4.74 Å². The molecular formula is C22H23N2O2+. The first kappa shape index (κ1) is 16.6. The minimum atomic E-state index is 0.123. The number of benzene rings is 2. The van der Waals surface area contributed by atoms with E-state index in [1.54, 1.807) is 0 Å². The molecule has 0 spiro atoms.